The maximum Gasteiger partial charge on any atom is 0.192 e. The molecular weight excluding hydrogens is 268 g/mol. The highest BCUT2D eigenvalue weighted by atomic mass is 32.2. The number of thioether (sulfide) groups is 1. The molecule has 1 saturated carbocycles. The zero-order valence-electron chi connectivity index (χ0n) is 11.4. The summed E-state index contributed by atoms with van der Waals surface area (Å²) >= 11 is 1.52. The first-order valence-electron chi connectivity index (χ1n) is 6.77. The monoisotopic (exact) mass is 284 g/mol. The number of benzene rings is 1. The molecular formula is C15H16N4S. The Kier molecular flexibility index (Phi) is 3.75. The highest BCUT2D eigenvalue weighted by Gasteiger charge is 2.27. The van der Waals surface area contributed by atoms with E-state index in [9.17, 15) is 5.26 Å². The fourth-order valence-corrected chi connectivity index (χ4v) is 3.09. The molecule has 1 aromatic carbocycles. The molecule has 1 heterocycles. The Morgan fingerprint density at radius 3 is 2.80 bits per heavy atom. The fraction of sp³-hybridized carbons (Fsp3) is 0.400. The van der Waals surface area contributed by atoms with Crippen LogP contribution in [0.2, 0.25) is 0 Å². The van der Waals surface area contributed by atoms with Gasteiger partial charge in [-0.05, 0) is 31.7 Å². The first-order chi connectivity index (χ1) is 9.76. The summed E-state index contributed by atoms with van der Waals surface area (Å²) in [5, 5.41) is 18.2. The third kappa shape index (κ3) is 3.02. The minimum absolute atomic E-state index is 0.126. The van der Waals surface area contributed by atoms with Gasteiger partial charge in [-0.25, -0.2) is 0 Å². The van der Waals surface area contributed by atoms with Gasteiger partial charge in [0.2, 0.25) is 0 Å². The molecule has 4 nitrogen and oxygen atoms in total. The molecule has 0 saturated heterocycles. The summed E-state index contributed by atoms with van der Waals surface area (Å²) in [7, 11) is 0. The average molecular weight is 284 g/mol. The SMILES string of the molecule is Cc1ccc(C[C@@H](C#N)Sc2nncn2C2CC2)cc1. The first-order valence-corrected chi connectivity index (χ1v) is 7.65. The Hall–Kier alpha value is -1.80. The number of aryl methyl sites for hydroxylation is 1. The van der Waals surface area contributed by atoms with E-state index in [-0.39, 0.29) is 5.25 Å². The van der Waals surface area contributed by atoms with Crippen LogP contribution in [0.5, 0.6) is 0 Å². The predicted octanol–water partition coefficient (Wildman–Crippen LogP) is 3.15. The van der Waals surface area contributed by atoms with E-state index >= 15 is 0 Å². The van der Waals surface area contributed by atoms with Gasteiger partial charge in [-0.15, -0.1) is 10.2 Å². The van der Waals surface area contributed by atoms with Gasteiger partial charge in [0.05, 0.1) is 6.07 Å². The van der Waals surface area contributed by atoms with E-state index < -0.39 is 0 Å². The molecule has 1 aliphatic rings. The van der Waals surface area contributed by atoms with Crippen molar-refractivity contribution in [2.45, 2.75) is 42.6 Å². The quantitative estimate of drug-likeness (QED) is 0.791. The lowest BCUT2D eigenvalue weighted by atomic mass is 10.1. The van der Waals surface area contributed by atoms with Gasteiger partial charge in [0.1, 0.15) is 11.6 Å². The number of aromatic nitrogens is 3. The molecule has 5 heteroatoms. The first kappa shape index (κ1) is 13.2. The zero-order chi connectivity index (χ0) is 13.9. The molecule has 0 N–H and O–H groups in total. The number of rotatable bonds is 5. The van der Waals surface area contributed by atoms with E-state index in [1.165, 1.54) is 35.7 Å². The predicted molar refractivity (Wildman–Crippen MR) is 78.4 cm³/mol. The number of nitrogens with zero attached hydrogens (tertiary/aromatic N) is 4. The van der Waals surface area contributed by atoms with E-state index in [0.29, 0.717) is 6.04 Å². The van der Waals surface area contributed by atoms with Crippen molar-refractivity contribution in [2.24, 2.45) is 0 Å². The van der Waals surface area contributed by atoms with Crippen molar-refractivity contribution in [1.82, 2.24) is 14.8 Å². The van der Waals surface area contributed by atoms with E-state index in [0.717, 1.165) is 11.6 Å². The zero-order valence-corrected chi connectivity index (χ0v) is 12.2. The van der Waals surface area contributed by atoms with Crippen LogP contribution in [0.25, 0.3) is 0 Å². The Balaban J connectivity index is 1.69. The molecule has 0 unspecified atom stereocenters. The van der Waals surface area contributed by atoms with Gasteiger partial charge >= 0.3 is 0 Å². The van der Waals surface area contributed by atoms with Crippen molar-refractivity contribution in [2.75, 3.05) is 0 Å². The van der Waals surface area contributed by atoms with Crippen LogP contribution in [0.15, 0.2) is 35.7 Å². The second-order valence-corrected chi connectivity index (χ2v) is 6.35. The van der Waals surface area contributed by atoms with Crippen molar-refractivity contribution >= 4 is 11.8 Å². The van der Waals surface area contributed by atoms with E-state index in [1.807, 2.05) is 0 Å². The van der Waals surface area contributed by atoms with Crippen molar-refractivity contribution in [3.8, 4) is 6.07 Å². The highest BCUT2D eigenvalue weighted by molar-refractivity contribution is 8.00. The molecule has 1 atom stereocenters. The van der Waals surface area contributed by atoms with Gasteiger partial charge < -0.3 is 4.57 Å². The molecule has 3 rings (SSSR count). The van der Waals surface area contributed by atoms with Gasteiger partial charge in [-0.3, -0.25) is 0 Å². The third-order valence-electron chi connectivity index (χ3n) is 3.41. The van der Waals surface area contributed by atoms with Gasteiger partial charge in [0, 0.05) is 6.04 Å². The van der Waals surface area contributed by atoms with Crippen LogP contribution in [0.3, 0.4) is 0 Å². The standard InChI is InChI=1S/C15H16N4S/c1-11-2-4-12(5-3-11)8-14(9-16)20-15-18-17-10-19(15)13-6-7-13/h2-5,10,13-14H,6-8H2,1H3/t14-/m0/s1. The normalized spacial score (nSPS) is 15.8. The summed E-state index contributed by atoms with van der Waals surface area (Å²) in [6.45, 7) is 2.07. The molecule has 1 fully saturated rings. The summed E-state index contributed by atoms with van der Waals surface area (Å²) in [4.78, 5) is 0. The fourth-order valence-electron chi connectivity index (χ4n) is 2.10. The summed E-state index contributed by atoms with van der Waals surface area (Å²) in [6.07, 6.45) is 4.90. The lowest BCUT2D eigenvalue weighted by Gasteiger charge is -2.09. The van der Waals surface area contributed by atoms with E-state index in [2.05, 4.69) is 52.0 Å². The van der Waals surface area contributed by atoms with E-state index in [4.69, 9.17) is 0 Å². The van der Waals surface area contributed by atoms with Crippen molar-refractivity contribution < 1.29 is 0 Å². The van der Waals surface area contributed by atoms with Gasteiger partial charge in [-0.2, -0.15) is 5.26 Å². The van der Waals surface area contributed by atoms with Crippen molar-refractivity contribution in [3.05, 3.63) is 41.7 Å². The smallest absolute Gasteiger partial charge is 0.192 e. The lowest BCUT2D eigenvalue weighted by Crippen LogP contribution is -2.06. The topological polar surface area (TPSA) is 54.5 Å². The largest absolute Gasteiger partial charge is 0.305 e. The Morgan fingerprint density at radius 1 is 1.40 bits per heavy atom. The lowest BCUT2D eigenvalue weighted by molar-refractivity contribution is 0.662. The van der Waals surface area contributed by atoms with Gasteiger partial charge in [0.15, 0.2) is 5.16 Å². The van der Waals surface area contributed by atoms with E-state index in [1.54, 1.807) is 6.33 Å². The van der Waals surface area contributed by atoms with Crippen LogP contribution in [0, 0.1) is 18.3 Å². The highest BCUT2D eigenvalue weighted by Crippen LogP contribution is 2.38. The summed E-state index contributed by atoms with van der Waals surface area (Å²) in [5.41, 5.74) is 2.43. The molecule has 1 aromatic heterocycles. The summed E-state index contributed by atoms with van der Waals surface area (Å²) < 4.78 is 2.10. The Bertz CT molecular complexity index is 622. The number of hydrogen-bond donors (Lipinski definition) is 0. The minimum atomic E-state index is -0.126. The van der Waals surface area contributed by atoms with Crippen molar-refractivity contribution in [1.29, 1.82) is 5.26 Å². The summed E-state index contributed by atoms with van der Waals surface area (Å²) in [6, 6.07) is 11.3. The number of hydrogen-bond acceptors (Lipinski definition) is 4. The average Bonchev–Trinajstić information content (AvgIpc) is 3.20. The van der Waals surface area contributed by atoms with Crippen LogP contribution >= 0.6 is 11.8 Å². The molecule has 1 aliphatic carbocycles. The maximum absolute atomic E-state index is 9.36. The van der Waals surface area contributed by atoms with Crippen LogP contribution in [0.1, 0.15) is 30.0 Å². The van der Waals surface area contributed by atoms with Crippen LogP contribution in [-0.2, 0) is 6.42 Å². The molecule has 0 bridgehead atoms. The van der Waals surface area contributed by atoms with Crippen LogP contribution in [0.4, 0.5) is 0 Å². The summed E-state index contributed by atoms with van der Waals surface area (Å²) in [5.74, 6) is 0. The molecule has 0 aliphatic heterocycles. The van der Waals surface area contributed by atoms with Crippen LogP contribution < -0.4 is 0 Å². The molecule has 0 amide bonds. The molecule has 2 aromatic rings. The van der Waals surface area contributed by atoms with Gasteiger partial charge in [-0.1, -0.05) is 41.6 Å². The van der Waals surface area contributed by atoms with Crippen LogP contribution in [-0.4, -0.2) is 20.0 Å². The maximum atomic E-state index is 9.36. The Morgan fingerprint density at radius 2 is 2.15 bits per heavy atom. The molecule has 0 radical (unpaired) electrons. The second kappa shape index (κ2) is 5.68. The second-order valence-electron chi connectivity index (χ2n) is 5.18. The molecule has 20 heavy (non-hydrogen) atoms. The third-order valence-corrected chi connectivity index (χ3v) is 4.47. The minimum Gasteiger partial charge on any atom is -0.305 e. The molecule has 0 spiro atoms. The molecule has 102 valence electrons. The number of nitriles is 1. The van der Waals surface area contributed by atoms with Crippen molar-refractivity contribution in [3.63, 3.8) is 0 Å². The van der Waals surface area contributed by atoms with Gasteiger partial charge in [0.25, 0.3) is 0 Å². The Labute approximate surface area is 122 Å².